The minimum atomic E-state index is -1.22. The summed E-state index contributed by atoms with van der Waals surface area (Å²) in [6.45, 7) is 0. The van der Waals surface area contributed by atoms with Gasteiger partial charge in [0.2, 0.25) is 5.82 Å². The highest BCUT2D eigenvalue weighted by Gasteiger charge is 2.24. The van der Waals surface area contributed by atoms with Crippen LogP contribution in [-0.4, -0.2) is 28.3 Å². The molecule has 4 aromatic rings. The molecule has 10 heteroatoms. The molecule has 1 aliphatic carbocycles. The fourth-order valence-electron chi connectivity index (χ4n) is 3.14. The van der Waals surface area contributed by atoms with Crippen LogP contribution in [-0.2, 0) is 0 Å². The lowest BCUT2D eigenvalue weighted by Gasteiger charge is -2.11. The quantitative estimate of drug-likeness (QED) is 0.365. The largest absolute Gasteiger partial charge is 0.453 e. The number of amides is 2. The van der Waals surface area contributed by atoms with Crippen LogP contribution in [0.15, 0.2) is 48.8 Å². The molecule has 0 radical (unpaired) electrons. The number of ether oxygens (including phenoxy) is 1. The van der Waals surface area contributed by atoms with E-state index in [1.54, 1.807) is 24.3 Å². The van der Waals surface area contributed by atoms with Crippen LogP contribution in [0.5, 0.6) is 11.5 Å². The zero-order chi connectivity index (χ0) is 22.9. The Morgan fingerprint density at radius 2 is 1.94 bits per heavy atom. The van der Waals surface area contributed by atoms with Gasteiger partial charge in [0.25, 0.3) is 0 Å². The van der Waals surface area contributed by atoms with Gasteiger partial charge in [-0.1, -0.05) is 0 Å². The Hall–Kier alpha value is -3.92. The van der Waals surface area contributed by atoms with Gasteiger partial charge in [0.1, 0.15) is 5.75 Å². The Morgan fingerprint density at radius 3 is 2.67 bits per heavy atom. The van der Waals surface area contributed by atoms with Gasteiger partial charge in [-0.3, -0.25) is 14.8 Å². The number of hydrogen-bond donors (Lipinski definition) is 2. The second-order valence-corrected chi connectivity index (χ2v) is 8.49. The van der Waals surface area contributed by atoms with Crippen LogP contribution in [0.3, 0.4) is 0 Å². The lowest BCUT2D eigenvalue weighted by molar-refractivity contribution is 0.112. The summed E-state index contributed by atoms with van der Waals surface area (Å²) in [5, 5.41) is 4.96. The maximum atomic E-state index is 14.7. The van der Waals surface area contributed by atoms with Crippen molar-refractivity contribution in [2.75, 3.05) is 5.32 Å². The summed E-state index contributed by atoms with van der Waals surface area (Å²) >= 11 is 1.32. The molecule has 1 fully saturated rings. The SMILES string of the molecule is O=Cc1ccc(-c2cc3nccc(Oc4ccc(NC(=O)NC5CC5)c(F)c4F)c3s2)nc1. The standard InChI is InChI=1S/C23H16F2N4O3S/c24-20-15(29-23(31)28-13-2-3-13)5-6-17(21(20)25)32-18-7-8-26-16-9-19(33-22(16)18)14-4-1-12(11-30)10-27-14/h1,4-11,13H,2-3H2,(H2,28,29,31). The Labute approximate surface area is 190 Å². The van der Waals surface area contributed by atoms with Crippen molar-refractivity contribution in [3.63, 3.8) is 0 Å². The molecule has 0 unspecified atom stereocenters. The Morgan fingerprint density at radius 1 is 1.09 bits per heavy atom. The Kier molecular flexibility index (Phi) is 5.43. The first-order valence-electron chi connectivity index (χ1n) is 10.1. The van der Waals surface area contributed by atoms with Crippen LogP contribution in [0.1, 0.15) is 23.2 Å². The number of thiophene rings is 1. The van der Waals surface area contributed by atoms with Crippen LogP contribution in [0, 0.1) is 11.6 Å². The maximum absolute atomic E-state index is 14.7. The Balaban J connectivity index is 1.41. The predicted octanol–water partition coefficient (Wildman–Crippen LogP) is 5.53. The smallest absolute Gasteiger partial charge is 0.319 e. The molecule has 0 aliphatic heterocycles. The van der Waals surface area contributed by atoms with Crippen molar-refractivity contribution >= 4 is 39.6 Å². The molecule has 2 amide bonds. The summed E-state index contributed by atoms with van der Waals surface area (Å²) < 4.78 is 35.5. The van der Waals surface area contributed by atoms with Crippen LogP contribution >= 0.6 is 11.3 Å². The minimum Gasteiger partial charge on any atom is -0.453 e. The van der Waals surface area contributed by atoms with Gasteiger partial charge in [0, 0.05) is 30.1 Å². The molecule has 0 atom stereocenters. The van der Waals surface area contributed by atoms with Gasteiger partial charge in [0.05, 0.1) is 26.5 Å². The van der Waals surface area contributed by atoms with Crippen molar-refractivity contribution in [2.24, 2.45) is 0 Å². The van der Waals surface area contributed by atoms with Gasteiger partial charge in [-0.25, -0.2) is 9.18 Å². The molecule has 33 heavy (non-hydrogen) atoms. The third-order valence-electron chi connectivity index (χ3n) is 4.98. The van der Waals surface area contributed by atoms with Crippen LogP contribution in [0.25, 0.3) is 20.8 Å². The van der Waals surface area contributed by atoms with E-state index >= 15 is 0 Å². The number of carbonyl (C=O) groups is 2. The second-order valence-electron chi connectivity index (χ2n) is 7.44. The molecule has 0 spiro atoms. The van der Waals surface area contributed by atoms with Crippen LogP contribution in [0.4, 0.5) is 19.3 Å². The number of nitrogens with zero attached hydrogens (tertiary/aromatic N) is 2. The number of halogens is 2. The lowest BCUT2D eigenvalue weighted by atomic mass is 10.2. The first-order valence-corrected chi connectivity index (χ1v) is 10.9. The number of hydrogen-bond acceptors (Lipinski definition) is 6. The second kappa shape index (κ2) is 8.55. The molecule has 1 aromatic carbocycles. The molecule has 1 saturated carbocycles. The molecule has 166 valence electrons. The van der Waals surface area contributed by atoms with Gasteiger partial charge in [-0.05, 0) is 43.2 Å². The monoisotopic (exact) mass is 466 g/mol. The summed E-state index contributed by atoms with van der Waals surface area (Å²) in [5.41, 5.74) is 1.43. The highest BCUT2D eigenvalue weighted by atomic mass is 32.1. The number of pyridine rings is 2. The van der Waals surface area contributed by atoms with Gasteiger partial charge in [0.15, 0.2) is 17.9 Å². The fraction of sp³-hybridized carbons (Fsp3) is 0.130. The molecular formula is C23H16F2N4O3S. The van der Waals surface area contributed by atoms with Crippen LogP contribution in [0.2, 0.25) is 0 Å². The Bertz CT molecular complexity index is 1370. The van der Waals surface area contributed by atoms with E-state index in [0.717, 1.165) is 17.7 Å². The van der Waals surface area contributed by atoms with Crippen molar-refractivity contribution in [1.82, 2.24) is 15.3 Å². The van der Waals surface area contributed by atoms with E-state index in [2.05, 4.69) is 20.6 Å². The number of aromatic nitrogens is 2. The molecule has 3 heterocycles. The lowest BCUT2D eigenvalue weighted by Crippen LogP contribution is -2.30. The zero-order valence-corrected chi connectivity index (χ0v) is 17.8. The van der Waals surface area contributed by atoms with Crippen LogP contribution < -0.4 is 15.4 Å². The summed E-state index contributed by atoms with van der Waals surface area (Å²) in [6, 6.07) is 8.74. The highest BCUT2D eigenvalue weighted by molar-refractivity contribution is 7.22. The third kappa shape index (κ3) is 4.37. The van der Waals surface area contributed by atoms with Crippen molar-refractivity contribution in [3.8, 4) is 22.1 Å². The fourth-order valence-corrected chi connectivity index (χ4v) is 4.18. The number of rotatable bonds is 6. The zero-order valence-electron chi connectivity index (χ0n) is 17.0. The number of aldehydes is 1. The predicted molar refractivity (Wildman–Crippen MR) is 120 cm³/mol. The van der Waals surface area contributed by atoms with Gasteiger partial charge in [-0.2, -0.15) is 4.39 Å². The highest BCUT2D eigenvalue weighted by Crippen LogP contribution is 2.39. The summed E-state index contributed by atoms with van der Waals surface area (Å²) in [6.07, 6.45) is 5.44. The molecule has 5 rings (SSSR count). The van der Waals surface area contributed by atoms with E-state index in [4.69, 9.17) is 4.74 Å². The minimum absolute atomic E-state index is 0.0865. The van der Waals surface area contributed by atoms with E-state index in [1.165, 1.54) is 35.9 Å². The summed E-state index contributed by atoms with van der Waals surface area (Å²) in [4.78, 5) is 32.0. The molecule has 7 nitrogen and oxygen atoms in total. The number of urea groups is 1. The number of carbonyl (C=O) groups excluding carboxylic acids is 2. The summed E-state index contributed by atoms with van der Waals surface area (Å²) in [5.74, 6) is -2.45. The van der Waals surface area contributed by atoms with E-state index in [9.17, 15) is 18.4 Å². The number of anilines is 1. The molecule has 0 bridgehead atoms. The maximum Gasteiger partial charge on any atom is 0.319 e. The number of nitrogens with one attached hydrogen (secondary N) is 2. The van der Waals surface area contributed by atoms with E-state index in [1.807, 2.05) is 0 Å². The topological polar surface area (TPSA) is 93.2 Å². The third-order valence-corrected chi connectivity index (χ3v) is 6.14. The van der Waals surface area contributed by atoms with Crippen molar-refractivity contribution in [2.45, 2.75) is 18.9 Å². The normalized spacial score (nSPS) is 13.0. The van der Waals surface area contributed by atoms with Gasteiger partial charge < -0.3 is 15.4 Å². The van der Waals surface area contributed by atoms with E-state index in [-0.39, 0.29) is 17.5 Å². The number of fused-ring (bicyclic) bond motifs is 1. The first-order chi connectivity index (χ1) is 16.0. The molecule has 0 saturated heterocycles. The molecule has 2 N–H and O–H groups in total. The number of benzene rings is 1. The van der Waals surface area contributed by atoms with Gasteiger partial charge in [-0.15, -0.1) is 11.3 Å². The van der Waals surface area contributed by atoms with Crippen molar-refractivity contribution < 1.29 is 23.1 Å². The first kappa shape index (κ1) is 21.0. The summed E-state index contributed by atoms with van der Waals surface area (Å²) in [7, 11) is 0. The van der Waals surface area contributed by atoms with Crippen molar-refractivity contribution in [3.05, 3.63) is 66.0 Å². The average Bonchev–Trinajstić information content (AvgIpc) is 3.52. The molecule has 3 aromatic heterocycles. The molecule has 1 aliphatic rings. The van der Waals surface area contributed by atoms with Gasteiger partial charge >= 0.3 is 6.03 Å². The van der Waals surface area contributed by atoms with E-state index < -0.39 is 17.7 Å². The van der Waals surface area contributed by atoms with E-state index in [0.29, 0.717) is 33.5 Å². The molecular weight excluding hydrogens is 450 g/mol. The van der Waals surface area contributed by atoms with Crippen molar-refractivity contribution in [1.29, 1.82) is 0 Å². The average molecular weight is 466 g/mol.